The third-order valence-electron chi connectivity index (χ3n) is 5.66. The van der Waals surface area contributed by atoms with E-state index in [9.17, 15) is 4.79 Å². The van der Waals surface area contributed by atoms with E-state index >= 15 is 0 Å². The molecule has 5 rings (SSSR count). The van der Waals surface area contributed by atoms with Gasteiger partial charge in [-0.05, 0) is 37.6 Å². The van der Waals surface area contributed by atoms with Gasteiger partial charge in [0.1, 0.15) is 16.9 Å². The molecule has 0 unspecified atom stereocenters. The molecule has 0 saturated carbocycles. The molecule has 0 radical (unpaired) electrons. The van der Waals surface area contributed by atoms with E-state index in [1.54, 1.807) is 13.1 Å². The number of likely N-dealkylation sites (tertiary alicyclic amines) is 1. The van der Waals surface area contributed by atoms with E-state index in [0.29, 0.717) is 27.5 Å². The van der Waals surface area contributed by atoms with Gasteiger partial charge in [0.25, 0.3) is 11.3 Å². The smallest absolute Gasteiger partial charge is 0.267 e. The molecule has 1 aliphatic rings. The Balaban J connectivity index is 1.54. The number of nitrogens with zero attached hydrogens (tertiary/aromatic N) is 4. The van der Waals surface area contributed by atoms with E-state index in [4.69, 9.17) is 16.1 Å². The summed E-state index contributed by atoms with van der Waals surface area (Å²) in [6.45, 7) is 3.27. The van der Waals surface area contributed by atoms with E-state index in [2.05, 4.69) is 27.2 Å². The summed E-state index contributed by atoms with van der Waals surface area (Å²) in [7, 11) is 1.71. The van der Waals surface area contributed by atoms with E-state index in [0.717, 1.165) is 25.2 Å². The van der Waals surface area contributed by atoms with Crippen molar-refractivity contribution in [3.63, 3.8) is 0 Å². The van der Waals surface area contributed by atoms with E-state index in [1.807, 2.05) is 30.3 Å². The van der Waals surface area contributed by atoms with Gasteiger partial charge < -0.3 is 4.52 Å². The van der Waals surface area contributed by atoms with Crippen LogP contribution in [-0.2, 0) is 13.6 Å². The molecule has 152 valence electrons. The zero-order valence-electron chi connectivity index (χ0n) is 16.6. The molecule has 30 heavy (non-hydrogen) atoms. The second-order valence-electron chi connectivity index (χ2n) is 7.67. The van der Waals surface area contributed by atoms with Crippen molar-refractivity contribution in [2.75, 3.05) is 13.1 Å². The monoisotopic (exact) mass is 420 g/mol. The lowest BCUT2D eigenvalue weighted by Gasteiger charge is -2.15. The van der Waals surface area contributed by atoms with Gasteiger partial charge in [-0.3, -0.25) is 14.3 Å². The standard InChI is InChI=1S/C23H21ClN4O2/c1-27-21(16-10-8-15(9-11-16)14-28-12-4-5-13-28)25-22-19(23(27)29)20(26-30-22)17-6-2-3-7-18(17)24/h2-3,6-11H,4-5,12-14H2,1H3. The summed E-state index contributed by atoms with van der Waals surface area (Å²) in [6.07, 6.45) is 2.55. The van der Waals surface area contributed by atoms with E-state index < -0.39 is 0 Å². The molecule has 3 heterocycles. The molecular weight excluding hydrogens is 400 g/mol. The molecule has 2 aromatic carbocycles. The van der Waals surface area contributed by atoms with Crippen LogP contribution in [0.4, 0.5) is 0 Å². The average molecular weight is 421 g/mol. The van der Waals surface area contributed by atoms with Crippen LogP contribution in [0.5, 0.6) is 0 Å². The topological polar surface area (TPSA) is 64.2 Å². The fraction of sp³-hybridized carbons (Fsp3) is 0.261. The summed E-state index contributed by atoms with van der Waals surface area (Å²) in [6, 6.07) is 15.4. The molecule has 0 amide bonds. The SMILES string of the molecule is Cn1c(-c2ccc(CN3CCCC3)cc2)nc2onc(-c3ccccc3Cl)c2c1=O. The molecule has 0 bridgehead atoms. The highest BCUT2D eigenvalue weighted by Gasteiger charge is 2.21. The summed E-state index contributed by atoms with van der Waals surface area (Å²) in [5.74, 6) is 0.544. The number of rotatable bonds is 4. The van der Waals surface area contributed by atoms with Gasteiger partial charge in [0, 0.05) is 24.7 Å². The van der Waals surface area contributed by atoms with Crippen LogP contribution in [0, 0.1) is 0 Å². The van der Waals surface area contributed by atoms with Crippen LogP contribution in [0.25, 0.3) is 33.7 Å². The number of halogens is 1. The maximum absolute atomic E-state index is 13.2. The summed E-state index contributed by atoms with van der Waals surface area (Å²) in [5, 5.41) is 4.93. The Morgan fingerprint density at radius 3 is 2.53 bits per heavy atom. The van der Waals surface area contributed by atoms with Crippen molar-refractivity contribution < 1.29 is 4.52 Å². The van der Waals surface area contributed by atoms with Gasteiger partial charge >= 0.3 is 0 Å². The highest BCUT2D eigenvalue weighted by atomic mass is 35.5. The summed E-state index contributed by atoms with van der Waals surface area (Å²) < 4.78 is 6.97. The molecule has 4 aromatic rings. The lowest BCUT2D eigenvalue weighted by molar-refractivity contribution is 0.331. The van der Waals surface area contributed by atoms with Crippen molar-refractivity contribution >= 4 is 22.7 Å². The zero-order valence-corrected chi connectivity index (χ0v) is 17.4. The summed E-state index contributed by atoms with van der Waals surface area (Å²) in [5.41, 5.74) is 3.17. The van der Waals surface area contributed by atoms with Gasteiger partial charge in [-0.2, -0.15) is 4.98 Å². The Bertz CT molecular complexity index is 1270. The number of aromatic nitrogens is 3. The van der Waals surface area contributed by atoms with Crippen molar-refractivity contribution in [3.05, 3.63) is 69.5 Å². The van der Waals surface area contributed by atoms with Gasteiger partial charge in [-0.15, -0.1) is 0 Å². The molecule has 0 N–H and O–H groups in total. The Kier molecular flexibility index (Phi) is 4.89. The first kappa shape index (κ1) is 19.0. The Morgan fingerprint density at radius 2 is 1.80 bits per heavy atom. The highest BCUT2D eigenvalue weighted by molar-refractivity contribution is 6.33. The fourth-order valence-electron chi connectivity index (χ4n) is 4.04. The molecule has 7 heteroatoms. The Morgan fingerprint density at radius 1 is 1.07 bits per heavy atom. The van der Waals surface area contributed by atoms with Crippen molar-refractivity contribution in [1.29, 1.82) is 0 Å². The van der Waals surface area contributed by atoms with Crippen LogP contribution >= 0.6 is 11.6 Å². The second kappa shape index (κ2) is 7.70. The van der Waals surface area contributed by atoms with E-state index in [-0.39, 0.29) is 11.3 Å². The first-order valence-corrected chi connectivity index (χ1v) is 10.4. The third-order valence-corrected chi connectivity index (χ3v) is 5.99. The molecular formula is C23H21ClN4O2. The maximum atomic E-state index is 13.2. The quantitative estimate of drug-likeness (QED) is 0.486. The van der Waals surface area contributed by atoms with Crippen LogP contribution in [0.15, 0.2) is 57.8 Å². The summed E-state index contributed by atoms with van der Waals surface area (Å²) >= 11 is 6.30. The predicted octanol–water partition coefficient (Wildman–Crippen LogP) is 4.50. The van der Waals surface area contributed by atoms with Gasteiger partial charge in [-0.1, -0.05) is 59.2 Å². The number of benzene rings is 2. The highest BCUT2D eigenvalue weighted by Crippen LogP contribution is 2.31. The second-order valence-corrected chi connectivity index (χ2v) is 8.08. The van der Waals surface area contributed by atoms with Gasteiger partial charge in [-0.25, -0.2) is 0 Å². The van der Waals surface area contributed by atoms with Crippen molar-refractivity contribution in [3.8, 4) is 22.6 Å². The lowest BCUT2D eigenvalue weighted by Crippen LogP contribution is -2.20. The fourth-order valence-corrected chi connectivity index (χ4v) is 4.26. The first-order valence-electron chi connectivity index (χ1n) is 10.0. The van der Waals surface area contributed by atoms with Crippen LogP contribution in [0.3, 0.4) is 0 Å². The van der Waals surface area contributed by atoms with Crippen LogP contribution < -0.4 is 5.56 Å². The molecule has 0 aliphatic carbocycles. The summed E-state index contributed by atoms with van der Waals surface area (Å²) in [4.78, 5) is 20.2. The number of fused-ring (bicyclic) bond motifs is 1. The number of hydrogen-bond donors (Lipinski definition) is 0. The van der Waals surface area contributed by atoms with Gasteiger partial charge in [0.2, 0.25) is 0 Å². The predicted molar refractivity (Wildman–Crippen MR) is 117 cm³/mol. The third kappa shape index (κ3) is 3.32. The lowest BCUT2D eigenvalue weighted by atomic mass is 10.1. The minimum atomic E-state index is -0.215. The zero-order chi connectivity index (χ0) is 20.7. The Labute approximate surface area is 178 Å². The normalized spacial score (nSPS) is 14.6. The van der Waals surface area contributed by atoms with Crippen LogP contribution in [0.2, 0.25) is 5.02 Å². The average Bonchev–Trinajstić information content (AvgIpc) is 3.42. The molecule has 1 saturated heterocycles. The molecule has 1 aliphatic heterocycles. The van der Waals surface area contributed by atoms with Gasteiger partial charge in [0.05, 0.1) is 5.02 Å². The van der Waals surface area contributed by atoms with Crippen LogP contribution in [-0.4, -0.2) is 32.7 Å². The number of hydrogen-bond acceptors (Lipinski definition) is 5. The maximum Gasteiger partial charge on any atom is 0.267 e. The van der Waals surface area contributed by atoms with Crippen molar-refractivity contribution in [1.82, 2.24) is 19.6 Å². The largest absolute Gasteiger partial charge is 0.335 e. The first-order chi connectivity index (χ1) is 14.6. The van der Waals surface area contributed by atoms with Gasteiger partial charge in [0.15, 0.2) is 0 Å². The molecule has 0 spiro atoms. The minimum Gasteiger partial charge on any atom is -0.335 e. The van der Waals surface area contributed by atoms with Crippen LogP contribution in [0.1, 0.15) is 18.4 Å². The molecule has 0 atom stereocenters. The van der Waals surface area contributed by atoms with E-state index in [1.165, 1.54) is 23.0 Å². The minimum absolute atomic E-state index is 0.212. The molecule has 1 fully saturated rings. The molecule has 2 aromatic heterocycles. The van der Waals surface area contributed by atoms with Crippen molar-refractivity contribution in [2.24, 2.45) is 7.05 Å². The molecule has 6 nitrogen and oxygen atoms in total. The van der Waals surface area contributed by atoms with Crippen molar-refractivity contribution in [2.45, 2.75) is 19.4 Å². The Hall–Kier alpha value is -2.96.